The Balaban J connectivity index is 1.85. The number of nitrogens with zero attached hydrogens (tertiary/aromatic N) is 2. The van der Waals surface area contributed by atoms with Crippen molar-refractivity contribution in [2.45, 2.75) is 11.4 Å². The van der Waals surface area contributed by atoms with Crippen molar-refractivity contribution in [3.8, 4) is 0 Å². The van der Waals surface area contributed by atoms with E-state index in [1.807, 2.05) is 6.07 Å². The van der Waals surface area contributed by atoms with Gasteiger partial charge in [-0.05, 0) is 23.7 Å². The third-order valence-electron chi connectivity index (χ3n) is 2.79. The minimum Gasteiger partial charge on any atom is -0.480 e. The van der Waals surface area contributed by atoms with E-state index in [-0.39, 0.29) is 11.3 Å². The van der Waals surface area contributed by atoms with Gasteiger partial charge in [0.05, 0.1) is 5.57 Å². The summed E-state index contributed by atoms with van der Waals surface area (Å²) >= 11 is 2.82. The van der Waals surface area contributed by atoms with Crippen LogP contribution in [0, 0.1) is 0 Å². The minimum atomic E-state index is -0.926. The fourth-order valence-electron chi connectivity index (χ4n) is 1.96. The zero-order valence-corrected chi connectivity index (χ0v) is 10.2. The highest BCUT2D eigenvalue weighted by Gasteiger charge is 2.53. The first kappa shape index (κ1) is 10.8. The lowest BCUT2D eigenvalue weighted by molar-refractivity contribution is -0.150. The highest BCUT2D eigenvalue weighted by molar-refractivity contribution is 8.00. The van der Waals surface area contributed by atoms with Gasteiger partial charge in [-0.1, -0.05) is 0 Å². The maximum Gasteiger partial charge on any atom is 0.327 e. The number of amides is 1. The normalized spacial score (nSPS) is 29.3. The van der Waals surface area contributed by atoms with Crippen LogP contribution in [-0.2, 0) is 9.59 Å². The van der Waals surface area contributed by atoms with Crippen molar-refractivity contribution < 1.29 is 14.7 Å². The molecule has 3 heterocycles. The zero-order valence-electron chi connectivity index (χ0n) is 8.57. The van der Waals surface area contributed by atoms with E-state index in [1.54, 1.807) is 12.3 Å². The molecule has 1 aromatic heterocycles. The predicted octanol–water partition coefficient (Wildman–Crippen LogP) is 0.895. The number of carboxylic acids is 1. The molecular weight excluding hydrogens is 260 g/mol. The largest absolute Gasteiger partial charge is 0.480 e. The first-order valence-electron chi connectivity index (χ1n) is 4.98. The summed E-state index contributed by atoms with van der Waals surface area (Å²) in [5.41, 5.74) is 0.683. The molecule has 0 radical (unpaired) electrons. The van der Waals surface area contributed by atoms with Gasteiger partial charge in [-0.25, -0.2) is 9.17 Å². The van der Waals surface area contributed by atoms with E-state index in [0.717, 1.165) is 4.88 Å². The first-order chi connectivity index (χ1) is 8.18. The molecule has 1 unspecified atom stereocenters. The monoisotopic (exact) mass is 268 g/mol. The summed E-state index contributed by atoms with van der Waals surface area (Å²) in [6.45, 7) is 0. The summed E-state index contributed by atoms with van der Waals surface area (Å²) in [7, 11) is 0. The number of aliphatic carboxylic acids is 1. The van der Waals surface area contributed by atoms with Crippen molar-refractivity contribution in [3.05, 3.63) is 22.7 Å². The van der Waals surface area contributed by atoms with Gasteiger partial charge in [0.1, 0.15) is 11.4 Å². The van der Waals surface area contributed by atoms with Gasteiger partial charge in [-0.3, -0.25) is 4.79 Å². The van der Waals surface area contributed by atoms with Crippen molar-refractivity contribution in [1.29, 1.82) is 0 Å². The number of β-lactam (4-membered cyclic amide) rings is 1. The summed E-state index contributed by atoms with van der Waals surface area (Å²) in [5, 5.41) is 8.87. The molecule has 3 rings (SSSR count). The number of fused-ring (bicyclic) bond motifs is 1. The third kappa shape index (κ3) is 1.57. The van der Waals surface area contributed by atoms with Crippen LogP contribution in [0.15, 0.2) is 17.8 Å². The quantitative estimate of drug-likeness (QED) is 0.637. The van der Waals surface area contributed by atoms with E-state index in [0.29, 0.717) is 11.3 Å². The average molecular weight is 268 g/mol. The molecule has 2 atom stereocenters. The molecule has 1 aromatic rings. The summed E-state index contributed by atoms with van der Waals surface area (Å²) in [6, 6.07) is 1.16. The highest BCUT2D eigenvalue weighted by atomic mass is 32.2. The lowest BCUT2D eigenvalue weighted by Crippen LogP contribution is -2.56. The van der Waals surface area contributed by atoms with Crippen LogP contribution in [0.25, 0.3) is 6.08 Å². The number of rotatable bonds is 2. The molecule has 0 spiro atoms. The Hall–Kier alpha value is -1.34. The third-order valence-corrected chi connectivity index (χ3v) is 4.79. The molecule has 1 amide bonds. The van der Waals surface area contributed by atoms with E-state index in [2.05, 4.69) is 4.37 Å². The van der Waals surface area contributed by atoms with E-state index >= 15 is 0 Å². The zero-order chi connectivity index (χ0) is 12.0. The number of carbonyl (C=O) groups is 2. The van der Waals surface area contributed by atoms with Gasteiger partial charge in [-0.15, -0.1) is 11.8 Å². The van der Waals surface area contributed by atoms with Crippen molar-refractivity contribution in [2.75, 3.05) is 5.75 Å². The van der Waals surface area contributed by atoms with E-state index in [9.17, 15) is 9.59 Å². The van der Waals surface area contributed by atoms with Crippen molar-refractivity contribution in [2.24, 2.45) is 0 Å². The van der Waals surface area contributed by atoms with E-state index in [4.69, 9.17) is 5.11 Å². The van der Waals surface area contributed by atoms with Crippen LogP contribution in [0.5, 0.6) is 0 Å². The van der Waals surface area contributed by atoms with Crippen molar-refractivity contribution >= 4 is 41.2 Å². The van der Waals surface area contributed by atoms with Crippen LogP contribution in [0.3, 0.4) is 0 Å². The molecule has 5 nitrogen and oxygen atoms in total. The maximum absolute atomic E-state index is 11.8. The molecule has 0 bridgehead atoms. The van der Waals surface area contributed by atoms with Gasteiger partial charge in [0.25, 0.3) is 5.91 Å². The molecule has 88 valence electrons. The molecule has 17 heavy (non-hydrogen) atoms. The molecule has 7 heteroatoms. The first-order valence-corrected chi connectivity index (χ1v) is 6.80. The Bertz CT molecular complexity index is 512. The molecule has 2 saturated heterocycles. The van der Waals surface area contributed by atoms with Crippen LogP contribution in [0.2, 0.25) is 0 Å². The Morgan fingerprint density at radius 3 is 3.12 bits per heavy atom. The highest BCUT2D eigenvalue weighted by Crippen LogP contribution is 2.43. The molecular formula is C10H8N2O3S2. The Morgan fingerprint density at radius 1 is 1.65 bits per heavy atom. The Labute approximate surface area is 105 Å². The van der Waals surface area contributed by atoms with Gasteiger partial charge in [-0.2, -0.15) is 0 Å². The van der Waals surface area contributed by atoms with E-state index < -0.39 is 12.0 Å². The van der Waals surface area contributed by atoms with Crippen LogP contribution in [0.1, 0.15) is 4.88 Å². The lowest BCUT2D eigenvalue weighted by Gasteiger charge is -2.38. The molecule has 0 aromatic carbocycles. The smallest absolute Gasteiger partial charge is 0.327 e. The second-order valence-corrected chi connectivity index (χ2v) is 5.74. The Morgan fingerprint density at radius 2 is 2.47 bits per heavy atom. The van der Waals surface area contributed by atoms with Gasteiger partial charge < -0.3 is 10.0 Å². The van der Waals surface area contributed by atoms with E-state index in [1.165, 1.54) is 28.2 Å². The number of aromatic nitrogens is 1. The number of hydrogen-bond donors (Lipinski definition) is 1. The fourth-order valence-corrected chi connectivity index (χ4v) is 3.92. The van der Waals surface area contributed by atoms with Gasteiger partial charge in [0, 0.05) is 16.8 Å². The number of thioether (sulfide) groups is 1. The topological polar surface area (TPSA) is 70.5 Å². The molecule has 2 fully saturated rings. The summed E-state index contributed by atoms with van der Waals surface area (Å²) in [5.74, 6) is -0.628. The SMILES string of the molecule is O=C(O)C1CS[C@@H]2C(=Cc3ccns3)C(=O)N12. The molecule has 0 aliphatic carbocycles. The van der Waals surface area contributed by atoms with Gasteiger partial charge in [0.2, 0.25) is 0 Å². The van der Waals surface area contributed by atoms with Crippen LogP contribution < -0.4 is 0 Å². The average Bonchev–Trinajstić information content (AvgIpc) is 2.93. The number of hydrogen-bond acceptors (Lipinski definition) is 5. The van der Waals surface area contributed by atoms with Crippen molar-refractivity contribution in [3.63, 3.8) is 0 Å². The molecule has 0 saturated carbocycles. The van der Waals surface area contributed by atoms with Gasteiger partial charge in [0.15, 0.2) is 0 Å². The Kier molecular flexibility index (Phi) is 2.44. The molecule has 2 aliphatic rings. The number of carboxylic acid groups (broad SMARTS) is 1. The van der Waals surface area contributed by atoms with Gasteiger partial charge >= 0.3 is 5.97 Å². The molecule has 1 N–H and O–H groups in total. The number of carbonyl (C=O) groups excluding carboxylic acids is 1. The lowest BCUT2D eigenvalue weighted by atomic mass is 10.0. The van der Waals surface area contributed by atoms with Crippen LogP contribution in [-0.4, -0.2) is 43.4 Å². The second-order valence-electron chi connectivity index (χ2n) is 3.77. The van der Waals surface area contributed by atoms with Crippen LogP contribution >= 0.6 is 23.3 Å². The standard InChI is InChI=1S/C10H8N2O3S2/c13-8-6(3-5-1-2-11-17-5)9-12(8)7(4-16-9)10(14)15/h1-3,7,9H,4H2,(H,14,15)/t7?,9-/m1/s1. The minimum absolute atomic E-state index is 0.0919. The summed E-state index contributed by atoms with van der Waals surface area (Å²) in [6.07, 6.45) is 3.48. The fraction of sp³-hybridized carbons (Fsp3) is 0.300. The van der Waals surface area contributed by atoms with Crippen molar-refractivity contribution in [1.82, 2.24) is 9.27 Å². The predicted molar refractivity (Wildman–Crippen MR) is 64.6 cm³/mol. The second kappa shape index (κ2) is 3.85. The summed E-state index contributed by atoms with van der Waals surface area (Å²) in [4.78, 5) is 25.1. The molecule has 2 aliphatic heterocycles. The van der Waals surface area contributed by atoms with Crippen LogP contribution in [0.4, 0.5) is 0 Å². The maximum atomic E-state index is 11.8. The summed E-state index contributed by atoms with van der Waals surface area (Å²) < 4.78 is 3.96.